The summed E-state index contributed by atoms with van der Waals surface area (Å²) in [6.45, 7) is 0. The molecule has 6 nitrogen and oxygen atoms in total. The Morgan fingerprint density at radius 3 is 1.17 bits per heavy atom. The highest BCUT2D eigenvalue weighted by Gasteiger charge is 2.41. The van der Waals surface area contributed by atoms with Crippen molar-refractivity contribution in [3.8, 4) is 0 Å². The van der Waals surface area contributed by atoms with Crippen LogP contribution in [0.15, 0.2) is 53.4 Å². The van der Waals surface area contributed by atoms with E-state index in [2.05, 4.69) is 25.3 Å². The van der Waals surface area contributed by atoms with Gasteiger partial charge in [-0.25, -0.2) is 0 Å². The van der Waals surface area contributed by atoms with Crippen molar-refractivity contribution >= 4 is 53.2 Å². The fraction of sp³-hybridized carbons (Fsp3) is 0.368. The van der Waals surface area contributed by atoms with Crippen LogP contribution >= 0.6 is 25.3 Å². The lowest BCUT2D eigenvalue weighted by Gasteiger charge is -2.24. The maximum absolute atomic E-state index is 5.37. The van der Waals surface area contributed by atoms with Crippen molar-refractivity contribution in [3.63, 3.8) is 0 Å². The summed E-state index contributed by atoms with van der Waals surface area (Å²) in [6, 6.07) is 15.5. The van der Waals surface area contributed by atoms with Gasteiger partial charge < -0.3 is 26.6 Å². The molecule has 0 aliphatic heterocycles. The minimum absolute atomic E-state index is 0.724. The lowest BCUT2D eigenvalue weighted by Crippen LogP contribution is -2.54. The van der Waals surface area contributed by atoms with E-state index in [4.69, 9.17) is 26.6 Å². The van der Waals surface area contributed by atoms with E-state index in [1.807, 2.05) is 48.5 Å². The fourth-order valence-electron chi connectivity index (χ4n) is 2.69. The van der Waals surface area contributed by atoms with Gasteiger partial charge in [0.25, 0.3) is 0 Å². The van der Waals surface area contributed by atoms with Crippen molar-refractivity contribution in [3.05, 3.63) is 54.1 Å². The molecule has 2 rings (SSSR count). The molecule has 10 heteroatoms. The Kier molecular flexibility index (Phi) is 11.7. The highest BCUT2D eigenvalue weighted by Crippen LogP contribution is 2.10. The minimum atomic E-state index is -2.65. The first kappa shape index (κ1) is 26.4. The number of hydrogen-bond donors (Lipinski definition) is 2. The van der Waals surface area contributed by atoms with Crippen molar-refractivity contribution < 1.29 is 26.6 Å². The quantitative estimate of drug-likeness (QED) is 0.430. The molecular formula is C19H30O6S2Si2. The van der Waals surface area contributed by atoms with Crippen LogP contribution in [0.1, 0.15) is 5.56 Å². The highest BCUT2D eigenvalue weighted by atomic mass is 32.1. The van der Waals surface area contributed by atoms with Gasteiger partial charge in [0.15, 0.2) is 0 Å². The average Bonchev–Trinajstić information content (AvgIpc) is 2.79. The van der Waals surface area contributed by atoms with Crippen LogP contribution in [0.3, 0.4) is 0 Å². The van der Waals surface area contributed by atoms with E-state index in [9.17, 15) is 0 Å². The number of hydrogen-bond acceptors (Lipinski definition) is 8. The Morgan fingerprint density at radius 2 is 0.897 bits per heavy atom. The molecule has 162 valence electrons. The van der Waals surface area contributed by atoms with E-state index in [-0.39, 0.29) is 0 Å². The molecule has 0 saturated heterocycles. The van der Waals surface area contributed by atoms with E-state index in [1.54, 1.807) is 42.7 Å². The average molecular weight is 475 g/mol. The Morgan fingerprint density at radius 1 is 0.586 bits per heavy atom. The molecule has 0 atom stereocenters. The third-order valence-electron chi connectivity index (χ3n) is 4.32. The van der Waals surface area contributed by atoms with E-state index >= 15 is 0 Å². The molecule has 0 spiro atoms. The van der Waals surface area contributed by atoms with E-state index in [0.29, 0.717) is 0 Å². The van der Waals surface area contributed by atoms with Gasteiger partial charge in [-0.3, -0.25) is 0 Å². The zero-order valence-electron chi connectivity index (χ0n) is 17.7. The van der Waals surface area contributed by atoms with E-state index in [0.717, 1.165) is 26.6 Å². The van der Waals surface area contributed by atoms with Crippen molar-refractivity contribution in [2.24, 2.45) is 0 Å². The Hall–Kier alpha value is -0.666. The van der Waals surface area contributed by atoms with Gasteiger partial charge in [0.2, 0.25) is 0 Å². The van der Waals surface area contributed by atoms with Gasteiger partial charge in [-0.2, -0.15) is 12.6 Å². The van der Waals surface area contributed by atoms with Gasteiger partial charge in [0, 0.05) is 63.7 Å². The third-order valence-corrected chi connectivity index (χ3v) is 10.3. The summed E-state index contributed by atoms with van der Waals surface area (Å²) in [4.78, 5) is 0.903. The predicted molar refractivity (Wildman–Crippen MR) is 126 cm³/mol. The summed E-state index contributed by atoms with van der Waals surface area (Å²) < 4.78 is 32.1. The summed E-state index contributed by atoms with van der Waals surface area (Å²) in [5, 5.41) is 1.89. The molecule has 0 amide bonds. The van der Waals surface area contributed by atoms with Crippen LogP contribution in [0, 0.1) is 0 Å². The van der Waals surface area contributed by atoms with Crippen LogP contribution in [0.2, 0.25) is 0 Å². The first-order valence-corrected chi connectivity index (χ1v) is 13.2. The van der Waals surface area contributed by atoms with Crippen molar-refractivity contribution in [2.45, 2.75) is 10.6 Å². The van der Waals surface area contributed by atoms with Crippen LogP contribution in [0.25, 0.3) is 0 Å². The molecule has 0 aromatic heterocycles. The largest absolute Gasteiger partial charge is 0.536 e. The van der Waals surface area contributed by atoms with Crippen LogP contribution in [-0.4, -0.2) is 60.3 Å². The summed E-state index contributed by atoms with van der Waals surface area (Å²) in [5.41, 5.74) is 1.16. The Labute approximate surface area is 187 Å². The molecular weight excluding hydrogens is 445 g/mol. The second-order valence-electron chi connectivity index (χ2n) is 5.74. The summed E-state index contributed by atoms with van der Waals surface area (Å²) in [7, 11) is 4.28. The maximum Gasteiger partial charge on any atom is 0.536 e. The van der Waals surface area contributed by atoms with Crippen molar-refractivity contribution in [2.75, 3.05) is 42.7 Å². The van der Waals surface area contributed by atoms with Crippen LogP contribution < -0.4 is 10.4 Å². The van der Waals surface area contributed by atoms with Gasteiger partial charge >= 0.3 is 17.6 Å². The summed E-state index contributed by atoms with van der Waals surface area (Å²) >= 11 is 8.41. The molecule has 0 aliphatic carbocycles. The lowest BCUT2D eigenvalue weighted by molar-refractivity contribution is 0.140. The van der Waals surface area contributed by atoms with Crippen molar-refractivity contribution in [1.29, 1.82) is 0 Å². The topological polar surface area (TPSA) is 55.4 Å². The molecule has 29 heavy (non-hydrogen) atoms. The van der Waals surface area contributed by atoms with Gasteiger partial charge in [-0.05, 0) is 17.7 Å². The molecule has 0 aliphatic rings. The van der Waals surface area contributed by atoms with Gasteiger partial charge in [-0.1, -0.05) is 36.4 Å². The number of rotatable bonds is 9. The zero-order valence-corrected chi connectivity index (χ0v) is 21.5. The van der Waals surface area contributed by atoms with Crippen LogP contribution in [0.5, 0.6) is 0 Å². The number of benzene rings is 2. The van der Waals surface area contributed by atoms with Crippen LogP contribution in [0.4, 0.5) is 0 Å². The van der Waals surface area contributed by atoms with Crippen LogP contribution in [-0.2, 0) is 32.3 Å². The summed E-state index contributed by atoms with van der Waals surface area (Å²) in [5.74, 6) is 0.724. The highest BCUT2D eigenvalue weighted by molar-refractivity contribution is 7.80. The van der Waals surface area contributed by atoms with Crippen molar-refractivity contribution in [1.82, 2.24) is 0 Å². The van der Waals surface area contributed by atoms with Gasteiger partial charge in [-0.15, -0.1) is 12.6 Å². The third kappa shape index (κ3) is 6.66. The SMILES string of the molecule is CO[Si](OC)(OC)c1ccc(CS)cc1.CO[Si](OC)(OC)c1ccc(S)cc1. The normalized spacial score (nSPS) is 11.7. The molecule has 0 radical (unpaired) electrons. The Balaban J connectivity index is 0.000000291. The first-order chi connectivity index (χ1) is 13.9. The zero-order chi connectivity index (χ0) is 21.9. The molecule has 0 N–H and O–H groups in total. The first-order valence-electron chi connectivity index (χ1n) is 8.71. The molecule has 0 saturated carbocycles. The predicted octanol–water partition coefficient (Wildman–Crippen LogP) is 2.26. The smallest absolute Gasteiger partial charge is 0.373 e. The van der Waals surface area contributed by atoms with Gasteiger partial charge in [0.1, 0.15) is 0 Å². The van der Waals surface area contributed by atoms with Gasteiger partial charge in [0.05, 0.1) is 0 Å². The summed E-state index contributed by atoms with van der Waals surface area (Å²) in [6.07, 6.45) is 0. The standard InChI is InChI=1S/C10H16O3SSi.C9H14O3SSi/c1-11-15(12-2,13-3)10-6-4-9(8-14)5-7-10;1-10-14(11-2,12-3)9-6-4-8(13)5-7-9/h4-7,14H,8H2,1-3H3;4-7,13H,1-3H3. The lowest BCUT2D eigenvalue weighted by atomic mass is 10.2. The molecule has 0 unspecified atom stereocenters. The monoisotopic (exact) mass is 474 g/mol. The second-order valence-corrected chi connectivity index (χ2v) is 12.4. The molecule has 0 heterocycles. The maximum atomic E-state index is 5.37. The molecule has 0 fully saturated rings. The molecule has 2 aromatic rings. The fourth-order valence-corrected chi connectivity index (χ4v) is 6.61. The second kappa shape index (κ2) is 12.9. The minimum Gasteiger partial charge on any atom is -0.373 e. The number of thiol groups is 2. The molecule has 2 aromatic carbocycles. The van der Waals surface area contributed by atoms with E-state index in [1.165, 1.54) is 0 Å². The van der Waals surface area contributed by atoms with E-state index < -0.39 is 17.6 Å². The Bertz CT molecular complexity index is 691. The molecule has 0 bridgehead atoms.